The molecule has 2 aromatic carbocycles. The van der Waals surface area contributed by atoms with Gasteiger partial charge in [-0.1, -0.05) is 97.4 Å². The molecule has 4 amide bonds. The van der Waals surface area contributed by atoms with Gasteiger partial charge in [-0.2, -0.15) is 0 Å². The van der Waals surface area contributed by atoms with Crippen molar-refractivity contribution >= 4 is 35.6 Å². The molecule has 2 aromatic rings. The molecule has 1 fully saturated rings. The molecule has 1 aliphatic rings. The van der Waals surface area contributed by atoms with E-state index in [9.17, 15) is 33.9 Å². The second kappa shape index (κ2) is 25.6. The second-order valence-electron chi connectivity index (χ2n) is 18.0. The molecular formula is C49H75N5O10. The van der Waals surface area contributed by atoms with Crippen molar-refractivity contribution in [2.75, 3.05) is 48.5 Å². The fraction of sp³-hybridized carbons (Fsp3) is 0.633. The van der Waals surface area contributed by atoms with Crippen LogP contribution in [0.5, 0.6) is 0 Å². The summed E-state index contributed by atoms with van der Waals surface area (Å²) in [5, 5.41) is 15.2. The van der Waals surface area contributed by atoms with Gasteiger partial charge in [-0.3, -0.25) is 24.1 Å². The first-order chi connectivity index (χ1) is 30.3. The van der Waals surface area contributed by atoms with Crippen LogP contribution in [-0.2, 0) is 51.0 Å². The topological polar surface area (TPSA) is 184 Å². The largest absolute Gasteiger partial charge is 0.478 e. The van der Waals surface area contributed by atoms with Gasteiger partial charge in [0.05, 0.1) is 55.3 Å². The van der Waals surface area contributed by atoms with Gasteiger partial charge < -0.3 is 39.8 Å². The van der Waals surface area contributed by atoms with Gasteiger partial charge in [0.1, 0.15) is 12.1 Å². The van der Waals surface area contributed by atoms with Gasteiger partial charge in [0.2, 0.25) is 23.6 Å². The Morgan fingerprint density at radius 2 is 1.47 bits per heavy atom. The van der Waals surface area contributed by atoms with E-state index in [4.69, 9.17) is 14.2 Å². The number of nitrogens with zero attached hydrogens (tertiary/aromatic N) is 3. The smallest absolute Gasteiger partial charge is 0.335 e. The molecule has 9 unspecified atom stereocenters. The van der Waals surface area contributed by atoms with Crippen LogP contribution in [0.15, 0.2) is 54.6 Å². The molecule has 9 atom stereocenters. The number of likely N-dealkylation sites (tertiary alicyclic amines) is 1. The summed E-state index contributed by atoms with van der Waals surface area (Å²) in [6, 6.07) is 12.8. The van der Waals surface area contributed by atoms with Gasteiger partial charge >= 0.3 is 11.9 Å². The van der Waals surface area contributed by atoms with Crippen molar-refractivity contribution in [1.29, 1.82) is 0 Å². The first-order valence-electron chi connectivity index (χ1n) is 22.7. The average Bonchev–Trinajstić information content (AvgIpc) is 3.76. The van der Waals surface area contributed by atoms with Crippen molar-refractivity contribution in [3.05, 3.63) is 71.3 Å². The van der Waals surface area contributed by atoms with E-state index in [2.05, 4.69) is 10.6 Å². The number of hydrogen-bond donors (Lipinski definition) is 3. The number of likely N-dealkylation sites (N-methyl/N-ethyl adjacent to an activating group) is 2. The van der Waals surface area contributed by atoms with E-state index in [-0.39, 0.29) is 53.9 Å². The molecule has 1 aliphatic heterocycles. The molecular weight excluding hydrogens is 819 g/mol. The van der Waals surface area contributed by atoms with E-state index < -0.39 is 66.2 Å². The summed E-state index contributed by atoms with van der Waals surface area (Å²) >= 11 is 0. The first kappa shape index (κ1) is 53.5. The number of ether oxygens (including phenoxy) is 3. The first-order valence-corrected chi connectivity index (χ1v) is 22.7. The zero-order valence-electron chi connectivity index (χ0n) is 40.2. The second-order valence-corrected chi connectivity index (χ2v) is 18.0. The average molecular weight is 894 g/mol. The number of benzene rings is 2. The van der Waals surface area contributed by atoms with Crippen LogP contribution in [0.3, 0.4) is 0 Å². The lowest BCUT2D eigenvalue weighted by Crippen LogP contribution is -2.60. The Morgan fingerprint density at radius 1 is 0.828 bits per heavy atom. The number of carboxylic acid groups (broad SMARTS) is 1. The van der Waals surface area contributed by atoms with Crippen molar-refractivity contribution < 1.29 is 48.1 Å². The van der Waals surface area contributed by atoms with Crippen molar-refractivity contribution in [2.45, 2.75) is 129 Å². The zero-order valence-corrected chi connectivity index (χ0v) is 40.2. The van der Waals surface area contributed by atoms with E-state index in [1.807, 2.05) is 83.8 Å². The highest BCUT2D eigenvalue weighted by Crippen LogP contribution is 2.30. The number of carboxylic acids is 1. The van der Waals surface area contributed by atoms with Gasteiger partial charge in [0, 0.05) is 40.8 Å². The third kappa shape index (κ3) is 14.3. The zero-order chi connectivity index (χ0) is 47.8. The molecule has 0 aliphatic carbocycles. The highest BCUT2D eigenvalue weighted by molar-refractivity contribution is 5.90. The molecule has 3 rings (SSSR count). The van der Waals surface area contributed by atoms with E-state index in [1.54, 1.807) is 48.0 Å². The van der Waals surface area contributed by atoms with Gasteiger partial charge in [-0.15, -0.1) is 0 Å². The Morgan fingerprint density at radius 3 is 2.00 bits per heavy atom. The normalized spacial score (nSPS) is 17.8. The minimum absolute atomic E-state index is 0.0317. The number of hydrogen-bond acceptors (Lipinski definition) is 10. The Bertz CT molecular complexity index is 1830. The molecule has 64 heavy (non-hydrogen) atoms. The van der Waals surface area contributed by atoms with Crippen LogP contribution in [0.4, 0.5) is 0 Å². The molecule has 1 saturated heterocycles. The molecule has 3 N–H and O–H groups in total. The molecule has 15 nitrogen and oxygen atoms in total. The fourth-order valence-electron chi connectivity index (χ4n) is 9.04. The molecule has 0 spiro atoms. The highest BCUT2D eigenvalue weighted by Gasteiger charge is 2.43. The predicted molar refractivity (Wildman–Crippen MR) is 245 cm³/mol. The summed E-state index contributed by atoms with van der Waals surface area (Å²) in [4.78, 5) is 86.2. The van der Waals surface area contributed by atoms with Crippen LogP contribution in [-0.4, -0.2) is 146 Å². The molecule has 356 valence electrons. The lowest BCUT2D eigenvalue weighted by atomic mass is 9.89. The Balaban J connectivity index is 1.77. The molecule has 0 aromatic heterocycles. The summed E-state index contributed by atoms with van der Waals surface area (Å²) in [5.41, 5.74) is 2.02. The third-order valence-electron chi connectivity index (χ3n) is 12.9. The van der Waals surface area contributed by atoms with Crippen LogP contribution in [0.2, 0.25) is 0 Å². The monoisotopic (exact) mass is 894 g/mol. The van der Waals surface area contributed by atoms with E-state index in [1.165, 1.54) is 21.3 Å². The van der Waals surface area contributed by atoms with Crippen molar-refractivity contribution in [1.82, 2.24) is 25.3 Å². The number of carbonyl (C=O) groups excluding carboxylic acids is 5. The number of methoxy groups -OCH3 is 3. The van der Waals surface area contributed by atoms with Gasteiger partial charge in [0.25, 0.3) is 0 Å². The lowest BCUT2D eigenvalue weighted by molar-refractivity contribution is -0.149. The third-order valence-corrected chi connectivity index (χ3v) is 12.9. The molecule has 15 heteroatoms. The number of aromatic carboxylic acids is 1. The molecule has 1 heterocycles. The Kier molecular flexibility index (Phi) is 21.4. The number of amides is 4. The van der Waals surface area contributed by atoms with Crippen LogP contribution < -0.4 is 10.6 Å². The molecule has 0 radical (unpaired) electrons. The van der Waals surface area contributed by atoms with E-state index in [0.717, 1.165) is 11.1 Å². The maximum atomic E-state index is 14.6. The molecule has 0 bridgehead atoms. The highest BCUT2D eigenvalue weighted by atomic mass is 16.5. The summed E-state index contributed by atoms with van der Waals surface area (Å²) in [5.74, 6) is -3.86. The number of esters is 1. The van der Waals surface area contributed by atoms with Crippen molar-refractivity contribution in [3.63, 3.8) is 0 Å². The van der Waals surface area contributed by atoms with Gasteiger partial charge in [-0.05, 0) is 67.3 Å². The Labute approximate surface area is 380 Å². The number of rotatable bonds is 25. The van der Waals surface area contributed by atoms with Gasteiger partial charge in [0.15, 0.2) is 0 Å². The standard InChI is InChI=1S/C49H75N5O10/c1-13-32(6)43(53(9)47(58)41(30(2)3)51-46(57)42(31(4)5)52(8)27-25-34-21-23-36(24-22-34)48(59)60)39(62-10)29-40(55)54-26-17-20-38(54)44(63-11)33(7)45(56)50-37(49(61)64-12)28-35-18-15-14-16-19-35/h14-16,18-19,21-24,30-33,37-39,41-44H,13,17,20,25-29H2,1-12H3,(H,50,56)(H,51,57)(H,59,60). The minimum atomic E-state index is -0.989. The van der Waals surface area contributed by atoms with Gasteiger partial charge in [-0.25, -0.2) is 9.59 Å². The number of carbonyl (C=O) groups is 6. The van der Waals surface area contributed by atoms with Crippen LogP contribution in [0.25, 0.3) is 0 Å². The Hall–Kier alpha value is -4.86. The van der Waals surface area contributed by atoms with Crippen LogP contribution >= 0.6 is 0 Å². The van der Waals surface area contributed by atoms with E-state index in [0.29, 0.717) is 38.8 Å². The maximum Gasteiger partial charge on any atom is 0.335 e. The van der Waals surface area contributed by atoms with Crippen molar-refractivity contribution in [2.24, 2.45) is 23.7 Å². The minimum Gasteiger partial charge on any atom is -0.478 e. The molecule has 0 saturated carbocycles. The maximum absolute atomic E-state index is 14.6. The summed E-state index contributed by atoms with van der Waals surface area (Å²) < 4.78 is 17.0. The lowest BCUT2D eigenvalue weighted by Gasteiger charge is -2.41. The summed E-state index contributed by atoms with van der Waals surface area (Å²) in [7, 11) is 7.92. The SMILES string of the molecule is CCC(C)C(C(CC(=O)N1CCCC1C(OC)C(C)C(=O)NC(Cc1ccccc1)C(=O)OC)OC)N(C)C(=O)C(NC(=O)C(C(C)C)N(C)CCc1ccc(C(=O)O)cc1)C(C)C. The van der Waals surface area contributed by atoms with Crippen molar-refractivity contribution in [3.8, 4) is 0 Å². The summed E-state index contributed by atoms with van der Waals surface area (Å²) in [6.45, 7) is 14.5. The summed E-state index contributed by atoms with van der Waals surface area (Å²) in [6.07, 6.45) is 1.45. The fourth-order valence-corrected chi connectivity index (χ4v) is 9.04. The number of nitrogens with one attached hydrogen (secondary N) is 2. The van der Waals surface area contributed by atoms with Crippen LogP contribution in [0, 0.1) is 23.7 Å². The predicted octanol–water partition coefficient (Wildman–Crippen LogP) is 4.85. The van der Waals surface area contributed by atoms with Crippen LogP contribution in [0.1, 0.15) is 95.6 Å². The van der Waals surface area contributed by atoms with E-state index >= 15 is 0 Å². The quantitative estimate of drug-likeness (QED) is 0.116.